The molecule has 1 amide bonds. The van der Waals surface area contributed by atoms with Gasteiger partial charge in [0, 0.05) is 6.07 Å². The van der Waals surface area contributed by atoms with E-state index in [9.17, 15) is 9.90 Å². The highest BCUT2D eigenvalue weighted by molar-refractivity contribution is 8.26. The summed E-state index contributed by atoms with van der Waals surface area (Å²) in [6.07, 6.45) is 1.78. The predicted octanol–water partition coefficient (Wildman–Crippen LogP) is 3.67. The van der Waals surface area contributed by atoms with Crippen molar-refractivity contribution in [1.82, 2.24) is 5.32 Å². The van der Waals surface area contributed by atoms with Crippen LogP contribution in [0, 0.1) is 0 Å². The van der Waals surface area contributed by atoms with E-state index in [4.69, 9.17) is 17.0 Å². The molecule has 22 heavy (non-hydrogen) atoms. The zero-order valence-corrected chi connectivity index (χ0v) is 12.9. The summed E-state index contributed by atoms with van der Waals surface area (Å²) in [5.41, 5.74) is 0.880. The second kappa shape index (κ2) is 6.21. The SMILES string of the molecule is O=C1NC(=S)S/C1=C\c1ccc(Oc2cccc(O)c2)cc1. The van der Waals surface area contributed by atoms with Crippen LogP contribution in [0.4, 0.5) is 0 Å². The Hall–Kier alpha value is -2.31. The monoisotopic (exact) mass is 329 g/mol. The largest absolute Gasteiger partial charge is 0.508 e. The second-order valence-corrected chi connectivity index (χ2v) is 6.24. The molecule has 0 aromatic heterocycles. The highest BCUT2D eigenvalue weighted by Gasteiger charge is 2.21. The molecule has 2 aromatic carbocycles. The van der Waals surface area contributed by atoms with Crippen molar-refractivity contribution in [3.63, 3.8) is 0 Å². The quantitative estimate of drug-likeness (QED) is 0.664. The first-order valence-electron chi connectivity index (χ1n) is 6.42. The smallest absolute Gasteiger partial charge is 0.263 e. The molecule has 3 rings (SSSR count). The number of thiocarbonyl (C=S) groups is 1. The third kappa shape index (κ3) is 3.47. The van der Waals surface area contributed by atoms with Crippen LogP contribution in [0.3, 0.4) is 0 Å². The number of hydrogen-bond donors (Lipinski definition) is 2. The van der Waals surface area contributed by atoms with E-state index in [2.05, 4.69) is 5.32 Å². The minimum Gasteiger partial charge on any atom is -0.508 e. The number of rotatable bonds is 3. The van der Waals surface area contributed by atoms with Crippen molar-refractivity contribution in [3.05, 3.63) is 59.0 Å². The molecule has 1 heterocycles. The van der Waals surface area contributed by atoms with Gasteiger partial charge in [0.2, 0.25) is 0 Å². The number of phenolic OH excluding ortho intramolecular Hbond substituents is 1. The second-order valence-electron chi connectivity index (χ2n) is 4.52. The molecule has 1 aliphatic heterocycles. The van der Waals surface area contributed by atoms with Crippen LogP contribution in [0.5, 0.6) is 17.2 Å². The maximum Gasteiger partial charge on any atom is 0.263 e. The molecule has 1 saturated heterocycles. The van der Waals surface area contributed by atoms with Gasteiger partial charge in [0.05, 0.1) is 4.91 Å². The molecule has 6 heteroatoms. The number of nitrogens with one attached hydrogen (secondary N) is 1. The van der Waals surface area contributed by atoms with E-state index in [-0.39, 0.29) is 11.7 Å². The molecule has 0 radical (unpaired) electrons. The van der Waals surface area contributed by atoms with Crippen molar-refractivity contribution in [3.8, 4) is 17.2 Å². The Balaban J connectivity index is 1.74. The number of ether oxygens (including phenoxy) is 1. The Labute approximate surface area is 136 Å². The van der Waals surface area contributed by atoms with Crippen molar-refractivity contribution in [2.24, 2.45) is 0 Å². The first-order valence-corrected chi connectivity index (χ1v) is 7.64. The van der Waals surface area contributed by atoms with Gasteiger partial charge >= 0.3 is 0 Å². The van der Waals surface area contributed by atoms with Crippen molar-refractivity contribution in [2.45, 2.75) is 0 Å². The fourth-order valence-electron chi connectivity index (χ4n) is 1.89. The number of aromatic hydroxyl groups is 1. The highest BCUT2D eigenvalue weighted by atomic mass is 32.2. The molecule has 0 aliphatic carbocycles. The maximum absolute atomic E-state index is 11.6. The van der Waals surface area contributed by atoms with E-state index >= 15 is 0 Å². The summed E-state index contributed by atoms with van der Waals surface area (Å²) in [4.78, 5) is 12.2. The van der Waals surface area contributed by atoms with Gasteiger partial charge in [-0.2, -0.15) is 0 Å². The lowest BCUT2D eigenvalue weighted by molar-refractivity contribution is -0.115. The molecule has 0 bridgehead atoms. The van der Waals surface area contributed by atoms with Gasteiger partial charge in [0.1, 0.15) is 21.6 Å². The van der Waals surface area contributed by atoms with E-state index in [1.54, 1.807) is 36.4 Å². The lowest BCUT2D eigenvalue weighted by atomic mass is 10.2. The molecular weight excluding hydrogens is 318 g/mol. The molecule has 110 valence electrons. The average Bonchev–Trinajstić information content (AvgIpc) is 2.79. The van der Waals surface area contributed by atoms with Gasteiger partial charge in [-0.1, -0.05) is 42.2 Å². The fourth-order valence-corrected chi connectivity index (χ4v) is 2.93. The molecule has 2 N–H and O–H groups in total. The maximum atomic E-state index is 11.6. The normalized spacial score (nSPS) is 15.9. The lowest BCUT2D eigenvalue weighted by Gasteiger charge is -2.06. The number of phenols is 1. The minimum atomic E-state index is -0.171. The Bertz CT molecular complexity index is 769. The van der Waals surface area contributed by atoms with Crippen LogP contribution in [-0.4, -0.2) is 15.3 Å². The summed E-state index contributed by atoms with van der Waals surface area (Å²) >= 11 is 6.19. The third-order valence-corrected chi connectivity index (χ3v) is 4.04. The molecule has 0 atom stereocenters. The zero-order chi connectivity index (χ0) is 15.5. The van der Waals surface area contributed by atoms with Gasteiger partial charge in [-0.3, -0.25) is 4.79 Å². The molecule has 1 aliphatic rings. The van der Waals surface area contributed by atoms with Crippen LogP contribution in [0.15, 0.2) is 53.4 Å². The summed E-state index contributed by atoms with van der Waals surface area (Å²) in [7, 11) is 0. The number of carbonyl (C=O) groups excluding carboxylic acids is 1. The van der Waals surface area contributed by atoms with Crippen molar-refractivity contribution >= 4 is 40.3 Å². The van der Waals surface area contributed by atoms with Crippen LogP contribution in [0.1, 0.15) is 5.56 Å². The topological polar surface area (TPSA) is 58.6 Å². The van der Waals surface area contributed by atoms with E-state index in [0.717, 1.165) is 5.56 Å². The van der Waals surface area contributed by atoms with Crippen molar-refractivity contribution in [1.29, 1.82) is 0 Å². The number of carbonyl (C=O) groups is 1. The molecular formula is C16H11NO3S2. The Morgan fingerprint density at radius 1 is 1.14 bits per heavy atom. The van der Waals surface area contributed by atoms with Crippen molar-refractivity contribution < 1.29 is 14.6 Å². The number of thioether (sulfide) groups is 1. The number of benzene rings is 2. The predicted molar refractivity (Wildman–Crippen MR) is 90.9 cm³/mol. The molecule has 0 saturated carbocycles. The van der Waals surface area contributed by atoms with Crippen molar-refractivity contribution in [2.75, 3.05) is 0 Å². The summed E-state index contributed by atoms with van der Waals surface area (Å²) in [6.45, 7) is 0. The summed E-state index contributed by atoms with van der Waals surface area (Å²) in [5.74, 6) is 1.18. The molecule has 0 unspecified atom stereocenters. The van der Waals surface area contributed by atoms with Gasteiger partial charge < -0.3 is 15.2 Å². The van der Waals surface area contributed by atoms with Crippen LogP contribution < -0.4 is 10.1 Å². The number of amides is 1. The molecule has 1 fully saturated rings. The van der Waals surface area contributed by atoms with Gasteiger partial charge in [-0.25, -0.2) is 0 Å². The molecule has 4 nitrogen and oxygen atoms in total. The van der Waals surface area contributed by atoms with E-state index in [1.165, 1.54) is 17.8 Å². The van der Waals surface area contributed by atoms with Crippen LogP contribution >= 0.6 is 24.0 Å². The molecule has 2 aromatic rings. The fraction of sp³-hybridized carbons (Fsp3) is 0. The van der Waals surface area contributed by atoms with Crippen LogP contribution in [0.2, 0.25) is 0 Å². The van der Waals surface area contributed by atoms with E-state index < -0.39 is 0 Å². The summed E-state index contributed by atoms with van der Waals surface area (Å²) in [5, 5.41) is 12.0. The summed E-state index contributed by atoms with van der Waals surface area (Å²) < 4.78 is 6.11. The van der Waals surface area contributed by atoms with Crippen LogP contribution in [0.25, 0.3) is 6.08 Å². The summed E-state index contributed by atoms with van der Waals surface area (Å²) in [6, 6.07) is 13.9. The highest BCUT2D eigenvalue weighted by Crippen LogP contribution is 2.28. The van der Waals surface area contributed by atoms with E-state index in [0.29, 0.717) is 20.7 Å². The minimum absolute atomic E-state index is 0.152. The Morgan fingerprint density at radius 3 is 2.55 bits per heavy atom. The zero-order valence-electron chi connectivity index (χ0n) is 11.3. The lowest BCUT2D eigenvalue weighted by Crippen LogP contribution is -2.17. The van der Waals surface area contributed by atoms with Gasteiger partial charge in [-0.15, -0.1) is 0 Å². The van der Waals surface area contributed by atoms with Gasteiger partial charge in [0.15, 0.2) is 0 Å². The Kier molecular flexibility index (Phi) is 4.13. The first kappa shape index (κ1) is 14.6. The van der Waals surface area contributed by atoms with Crippen LogP contribution in [-0.2, 0) is 4.79 Å². The third-order valence-electron chi connectivity index (χ3n) is 2.87. The Morgan fingerprint density at radius 2 is 1.91 bits per heavy atom. The van der Waals surface area contributed by atoms with E-state index in [1.807, 2.05) is 12.1 Å². The number of hydrogen-bond acceptors (Lipinski definition) is 5. The van der Waals surface area contributed by atoms with Gasteiger partial charge in [0.25, 0.3) is 5.91 Å². The average molecular weight is 329 g/mol. The first-order chi connectivity index (χ1) is 10.6. The standard InChI is InChI=1S/C16H11NO3S2/c18-11-2-1-3-13(9-11)20-12-6-4-10(5-7-12)8-14-15(19)17-16(21)22-14/h1-9,18H,(H,17,19,21)/b14-8-. The molecule has 0 spiro atoms. The van der Waals surface area contributed by atoms with Gasteiger partial charge in [-0.05, 0) is 35.9 Å².